The van der Waals surface area contributed by atoms with E-state index in [9.17, 15) is 0 Å². The highest BCUT2D eigenvalue weighted by Crippen LogP contribution is 2.38. The van der Waals surface area contributed by atoms with Crippen molar-refractivity contribution >= 4 is 16.7 Å². The van der Waals surface area contributed by atoms with Gasteiger partial charge >= 0.3 is 0 Å². The Morgan fingerprint density at radius 1 is 1.15 bits per heavy atom. The zero-order valence-corrected chi connectivity index (χ0v) is 11.8. The number of fused-ring (bicyclic) bond motifs is 2. The van der Waals surface area contributed by atoms with Crippen molar-refractivity contribution < 1.29 is 0 Å². The zero-order valence-electron chi connectivity index (χ0n) is 11.8. The van der Waals surface area contributed by atoms with Crippen LogP contribution in [0.3, 0.4) is 0 Å². The summed E-state index contributed by atoms with van der Waals surface area (Å²) in [5.74, 6) is 2.56. The molecule has 0 spiro atoms. The summed E-state index contributed by atoms with van der Waals surface area (Å²) in [5, 5.41) is 1.19. The van der Waals surface area contributed by atoms with Gasteiger partial charge in [-0.05, 0) is 36.8 Å². The molecule has 2 unspecified atom stereocenters. The smallest absolute Gasteiger partial charge is 0.128 e. The molecule has 2 heterocycles. The average molecular weight is 267 g/mol. The van der Waals surface area contributed by atoms with Gasteiger partial charge in [-0.15, -0.1) is 0 Å². The number of hydrogen-bond acceptors (Lipinski definition) is 3. The second-order valence-electron chi connectivity index (χ2n) is 6.37. The fraction of sp³-hybridized carbons (Fsp3) is 0.471. The van der Waals surface area contributed by atoms with Crippen LogP contribution in [0.4, 0.5) is 5.82 Å². The van der Waals surface area contributed by atoms with Gasteiger partial charge in [0.2, 0.25) is 0 Å². The third kappa shape index (κ3) is 2.06. The number of aromatic nitrogens is 1. The molecule has 3 nitrogen and oxygen atoms in total. The molecule has 20 heavy (non-hydrogen) atoms. The molecule has 2 fully saturated rings. The Morgan fingerprint density at radius 3 is 2.70 bits per heavy atom. The Labute approximate surface area is 119 Å². The number of benzene rings is 1. The summed E-state index contributed by atoms with van der Waals surface area (Å²) in [5.41, 5.74) is 8.32. The number of pyridine rings is 1. The first kappa shape index (κ1) is 12.2. The van der Waals surface area contributed by atoms with Gasteiger partial charge in [-0.3, -0.25) is 4.90 Å². The van der Waals surface area contributed by atoms with Crippen LogP contribution in [0.15, 0.2) is 30.3 Å². The maximum atomic E-state index is 6.14. The highest BCUT2D eigenvalue weighted by Gasteiger charge is 2.35. The predicted octanol–water partition coefficient (Wildman–Crippen LogP) is 3.05. The van der Waals surface area contributed by atoms with E-state index in [1.54, 1.807) is 0 Å². The summed E-state index contributed by atoms with van der Waals surface area (Å²) in [6, 6.07) is 10.4. The Kier molecular flexibility index (Phi) is 2.88. The largest absolute Gasteiger partial charge is 0.383 e. The van der Waals surface area contributed by atoms with Crippen molar-refractivity contribution in [2.24, 2.45) is 11.8 Å². The van der Waals surface area contributed by atoms with E-state index >= 15 is 0 Å². The lowest BCUT2D eigenvalue weighted by Crippen LogP contribution is -2.22. The van der Waals surface area contributed by atoms with Gasteiger partial charge in [-0.1, -0.05) is 24.6 Å². The van der Waals surface area contributed by atoms with E-state index in [1.807, 2.05) is 12.1 Å². The van der Waals surface area contributed by atoms with Gasteiger partial charge in [0.1, 0.15) is 5.82 Å². The van der Waals surface area contributed by atoms with Crippen LogP contribution in [0.1, 0.15) is 24.8 Å². The molecule has 1 aliphatic carbocycles. The molecule has 3 heteroatoms. The molecule has 0 radical (unpaired) electrons. The lowest BCUT2D eigenvalue weighted by Gasteiger charge is -2.18. The molecule has 104 valence electrons. The van der Waals surface area contributed by atoms with Crippen molar-refractivity contribution in [1.82, 2.24) is 9.88 Å². The molecule has 2 N–H and O–H groups in total. The number of hydrogen-bond donors (Lipinski definition) is 1. The van der Waals surface area contributed by atoms with E-state index in [2.05, 4.69) is 28.1 Å². The third-order valence-electron chi connectivity index (χ3n) is 5.03. The Bertz CT molecular complexity index is 625. The highest BCUT2D eigenvalue weighted by molar-refractivity contribution is 5.81. The van der Waals surface area contributed by atoms with Crippen molar-refractivity contribution in [2.75, 3.05) is 18.8 Å². The van der Waals surface area contributed by atoms with Crippen molar-refractivity contribution in [2.45, 2.75) is 25.8 Å². The molecule has 0 bridgehead atoms. The number of nitrogens with zero attached hydrogens (tertiary/aromatic N) is 2. The second-order valence-corrected chi connectivity index (χ2v) is 6.37. The average Bonchev–Trinajstić information content (AvgIpc) is 3.00. The van der Waals surface area contributed by atoms with Crippen molar-refractivity contribution in [3.63, 3.8) is 0 Å². The van der Waals surface area contributed by atoms with Gasteiger partial charge in [0.15, 0.2) is 0 Å². The molecule has 1 aromatic heterocycles. The van der Waals surface area contributed by atoms with Crippen molar-refractivity contribution in [1.29, 1.82) is 0 Å². The van der Waals surface area contributed by atoms with E-state index < -0.39 is 0 Å². The molecule has 4 rings (SSSR count). The van der Waals surface area contributed by atoms with Crippen LogP contribution < -0.4 is 5.73 Å². The lowest BCUT2D eigenvalue weighted by molar-refractivity contribution is 0.304. The van der Waals surface area contributed by atoms with Crippen LogP contribution in [0, 0.1) is 11.8 Å². The van der Waals surface area contributed by atoms with E-state index in [0.717, 1.165) is 23.9 Å². The maximum absolute atomic E-state index is 6.14. The Morgan fingerprint density at radius 2 is 1.90 bits per heavy atom. The Hall–Kier alpha value is -1.61. The number of anilines is 1. The van der Waals surface area contributed by atoms with E-state index in [4.69, 9.17) is 5.73 Å². The molecular formula is C17H21N3. The molecule has 0 amide bonds. The number of nitrogens with two attached hydrogens (primary N) is 1. The monoisotopic (exact) mass is 267 g/mol. The van der Waals surface area contributed by atoms with Gasteiger partial charge in [-0.2, -0.15) is 0 Å². The molecule has 1 saturated heterocycles. The highest BCUT2D eigenvalue weighted by atomic mass is 15.2. The fourth-order valence-electron chi connectivity index (χ4n) is 4.00. The van der Waals surface area contributed by atoms with Crippen LogP contribution >= 0.6 is 0 Å². The van der Waals surface area contributed by atoms with E-state index in [1.165, 1.54) is 43.3 Å². The van der Waals surface area contributed by atoms with Gasteiger partial charge in [0, 0.05) is 30.6 Å². The third-order valence-corrected chi connectivity index (χ3v) is 5.03. The lowest BCUT2D eigenvalue weighted by atomic mass is 10.0. The number of nitrogen functional groups attached to an aromatic ring is 1. The molecule has 2 aromatic rings. The minimum atomic E-state index is 0.695. The van der Waals surface area contributed by atoms with Gasteiger partial charge < -0.3 is 5.73 Å². The molecule has 2 aliphatic rings. The predicted molar refractivity (Wildman–Crippen MR) is 82.3 cm³/mol. The summed E-state index contributed by atoms with van der Waals surface area (Å²) in [6.45, 7) is 3.45. The molecule has 1 aromatic carbocycles. The van der Waals surface area contributed by atoms with Crippen LogP contribution in [0.25, 0.3) is 10.9 Å². The summed E-state index contributed by atoms with van der Waals surface area (Å²) < 4.78 is 0. The molecule has 2 atom stereocenters. The number of likely N-dealkylation sites (tertiary alicyclic amines) is 1. The number of para-hydroxylation sites is 1. The van der Waals surface area contributed by atoms with Crippen LogP contribution in [-0.2, 0) is 6.54 Å². The van der Waals surface area contributed by atoms with Gasteiger partial charge in [0.05, 0.1) is 5.52 Å². The van der Waals surface area contributed by atoms with Crippen molar-refractivity contribution in [3.05, 3.63) is 35.9 Å². The molecule has 1 aliphatic heterocycles. The van der Waals surface area contributed by atoms with Crippen LogP contribution in [0.2, 0.25) is 0 Å². The number of rotatable bonds is 2. The molecule has 1 saturated carbocycles. The first-order chi connectivity index (χ1) is 9.79. The first-order valence-electron chi connectivity index (χ1n) is 7.66. The van der Waals surface area contributed by atoms with E-state index in [0.29, 0.717) is 5.82 Å². The first-order valence-corrected chi connectivity index (χ1v) is 7.66. The van der Waals surface area contributed by atoms with Crippen LogP contribution in [0.5, 0.6) is 0 Å². The van der Waals surface area contributed by atoms with Crippen molar-refractivity contribution in [3.8, 4) is 0 Å². The van der Waals surface area contributed by atoms with Crippen LogP contribution in [-0.4, -0.2) is 23.0 Å². The SMILES string of the molecule is Nc1nc2ccccc2cc1CN1CC2CCCC2C1. The maximum Gasteiger partial charge on any atom is 0.128 e. The van der Waals surface area contributed by atoms with Gasteiger partial charge in [0.25, 0.3) is 0 Å². The second kappa shape index (κ2) is 4.74. The zero-order chi connectivity index (χ0) is 13.5. The van der Waals surface area contributed by atoms with E-state index in [-0.39, 0.29) is 0 Å². The summed E-state index contributed by atoms with van der Waals surface area (Å²) in [6.07, 6.45) is 4.28. The minimum absolute atomic E-state index is 0.695. The molecular weight excluding hydrogens is 246 g/mol. The summed E-state index contributed by atoms with van der Waals surface area (Å²) in [4.78, 5) is 7.11. The standard InChI is InChI=1S/C17H21N3/c18-17-15(8-12-4-1-2-7-16(12)19-17)11-20-9-13-5-3-6-14(13)10-20/h1-2,4,7-8,13-14H,3,5-6,9-11H2,(H2,18,19). The topological polar surface area (TPSA) is 42.1 Å². The summed E-state index contributed by atoms with van der Waals surface area (Å²) >= 11 is 0. The quantitative estimate of drug-likeness (QED) is 0.909. The normalized spacial score (nSPS) is 26.2. The fourth-order valence-corrected chi connectivity index (χ4v) is 4.00. The van der Waals surface area contributed by atoms with Gasteiger partial charge in [-0.25, -0.2) is 4.98 Å². The minimum Gasteiger partial charge on any atom is -0.383 e. The summed E-state index contributed by atoms with van der Waals surface area (Å²) in [7, 11) is 0. The Balaban J connectivity index is 1.58.